The van der Waals surface area contributed by atoms with E-state index in [4.69, 9.17) is 13.9 Å². The lowest BCUT2D eigenvalue weighted by molar-refractivity contribution is 0.0956. The molecule has 1 atom stereocenters. The number of morpholine rings is 1. The third-order valence-corrected chi connectivity index (χ3v) is 7.01. The molecular formula is C23H24FN3O5S. The molecule has 1 unspecified atom stereocenters. The predicted octanol–water partition coefficient (Wildman–Crippen LogP) is 3.08. The summed E-state index contributed by atoms with van der Waals surface area (Å²) < 4.78 is 46.4. The van der Waals surface area contributed by atoms with Crippen LogP contribution in [0.3, 0.4) is 0 Å². The van der Waals surface area contributed by atoms with Gasteiger partial charge in [-0.2, -0.15) is 4.72 Å². The van der Waals surface area contributed by atoms with Gasteiger partial charge in [-0.25, -0.2) is 4.39 Å². The first-order chi connectivity index (χ1) is 16.0. The highest BCUT2D eigenvalue weighted by Gasteiger charge is 2.26. The molecule has 2 aliphatic heterocycles. The molecule has 10 heteroatoms. The molecule has 0 bridgehead atoms. The Morgan fingerprint density at radius 3 is 2.55 bits per heavy atom. The molecule has 5 rings (SSSR count). The van der Waals surface area contributed by atoms with Crippen molar-refractivity contribution in [3.8, 4) is 5.75 Å². The summed E-state index contributed by atoms with van der Waals surface area (Å²) in [6.07, 6.45) is 1.06. The molecule has 8 nitrogen and oxygen atoms in total. The van der Waals surface area contributed by atoms with Gasteiger partial charge in [0, 0.05) is 55.8 Å². The number of anilines is 2. The lowest BCUT2D eigenvalue weighted by atomic mass is 10.1. The number of methoxy groups -OCH3 is 1. The van der Waals surface area contributed by atoms with Crippen LogP contribution in [0.1, 0.15) is 17.0 Å². The van der Waals surface area contributed by atoms with Gasteiger partial charge in [0.25, 0.3) is 0 Å². The van der Waals surface area contributed by atoms with Gasteiger partial charge < -0.3 is 28.2 Å². The molecule has 2 aliphatic rings. The summed E-state index contributed by atoms with van der Waals surface area (Å²) in [5, 5.41) is 0.210. The molecule has 0 spiro atoms. The Balaban J connectivity index is 1.37. The summed E-state index contributed by atoms with van der Waals surface area (Å²) in [4.78, 5) is 17.3. The van der Waals surface area contributed by atoms with Crippen molar-refractivity contribution in [1.82, 2.24) is 4.72 Å². The Bertz CT molecular complexity index is 1180. The Hall–Kier alpha value is -2.95. The Labute approximate surface area is 193 Å². The molecule has 0 aliphatic carbocycles. The first-order valence-corrected chi connectivity index (χ1v) is 11.9. The van der Waals surface area contributed by atoms with Gasteiger partial charge >= 0.3 is 5.91 Å². The molecule has 0 radical (unpaired) electrons. The highest BCUT2D eigenvalue weighted by molar-refractivity contribution is 7.90. The van der Waals surface area contributed by atoms with E-state index in [9.17, 15) is 13.7 Å². The smallest absolute Gasteiger partial charge is 0.328 e. The van der Waals surface area contributed by atoms with Crippen molar-refractivity contribution in [3.05, 3.63) is 48.0 Å². The zero-order chi connectivity index (χ0) is 22.9. The van der Waals surface area contributed by atoms with Gasteiger partial charge in [-0.15, -0.1) is 0 Å². The number of rotatable bonds is 6. The molecule has 3 aromatic rings. The fourth-order valence-electron chi connectivity index (χ4n) is 3.97. The Morgan fingerprint density at radius 2 is 1.85 bits per heavy atom. The zero-order valence-electron chi connectivity index (χ0n) is 18.1. The summed E-state index contributed by atoms with van der Waals surface area (Å²) in [6.45, 7) is 4.39. The van der Waals surface area contributed by atoms with E-state index >= 15 is 0 Å². The van der Waals surface area contributed by atoms with Gasteiger partial charge in [-0.05, 0) is 24.6 Å². The van der Waals surface area contributed by atoms with Crippen LogP contribution in [0.15, 0.2) is 45.7 Å². The Morgan fingerprint density at radius 1 is 1.09 bits per heavy atom. The number of furan rings is 1. The third kappa shape index (κ3) is 4.33. The van der Waals surface area contributed by atoms with E-state index in [1.807, 2.05) is 11.0 Å². The first kappa shape index (κ1) is 21.9. The number of amides is 1. The van der Waals surface area contributed by atoms with Crippen LogP contribution in [-0.4, -0.2) is 57.0 Å². The molecule has 174 valence electrons. The summed E-state index contributed by atoms with van der Waals surface area (Å²) in [7, 11) is 1.48. The van der Waals surface area contributed by atoms with Crippen molar-refractivity contribution >= 4 is 39.6 Å². The number of fused-ring (bicyclic) bond motifs is 1. The van der Waals surface area contributed by atoms with Crippen LogP contribution in [0.25, 0.3) is 11.0 Å². The van der Waals surface area contributed by atoms with Crippen molar-refractivity contribution in [3.63, 3.8) is 0 Å². The number of hydrogen-bond donors (Lipinski definition) is 1. The van der Waals surface area contributed by atoms with E-state index in [1.165, 1.54) is 19.2 Å². The van der Waals surface area contributed by atoms with Gasteiger partial charge in [0.2, 0.25) is 4.90 Å². The number of hydrogen-bond acceptors (Lipinski definition) is 7. The van der Waals surface area contributed by atoms with E-state index in [0.29, 0.717) is 36.9 Å². The number of benzene rings is 2. The molecule has 2 aromatic carbocycles. The fraction of sp³-hybridized carbons (Fsp3) is 0.348. The summed E-state index contributed by atoms with van der Waals surface area (Å²) in [5.41, 5.74) is 1.86. The zero-order valence-corrected chi connectivity index (χ0v) is 19.0. The van der Waals surface area contributed by atoms with Gasteiger partial charge in [-0.3, -0.25) is 4.79 Å². The van der Waals surface area contributed by atoms with Gasteiger partial charge in [0.05, 0.1) is 25.7 Å². The van der Waals surface area contributed by atoms with Gasteiger partial charge in [0.1, 0.15) is 22.8 Å². The van der Waals surface area contributed by atoms with Crippen molar-refractivity contribution in [2.24, 2.45) is 0 Å². The van der Waals surface area contributed by atoms with Crippen molar-refractivity contribution < 1.29 is 27.6 Å². The van der Waals surface area contributed by atoms with Crippen molar-refractivity contribution in [1.29, 1.82) is 0 Å². The second-order valence-corrected chi connectivity index (χ2v) is 9.11. The molecule has 2 saturated heterocycles. The number of carbonyl (C=O) groups is 1. The minimum Gasteiger partial charge on any atom is -0.588 e. The highest BCUT2D eigenvalue weighted by Crippen LogP contribution is 2.32. The number of halogens is 1. The fourth-order valence-corrected chi connectivity index (χ4v) is 4.91. The second kappa shape index (κ2) is 9.12. The monoisotopic (exact) mass is 473 g/mol. The molecule has 1 N–H and O–H groups in total. The maximum absolute atomic E-state index is 14.6. The van der Waals surface area contributed by atoms with E-state index < -0.39 is 23.1 Å². The minimum absolute atomic E-state index is 0.110. The topological polar surface area (TPSA) is 90.2 Å². The molecule has 2 fully saturated rings. The van der Waals surface area contributed by atoms with Gasteiger partial charge in [-0.1, -0.05) is 0 Å². The van der Waals surface area contributed by atoms with E-state index in [2.05, 4.69) is 9.62 Å². The van der Waals surface area contributed by atoms with Gasteiger partial charge in [0.15, 0.2) is 11.5 Å². The average Bonchev–Trinajstić information content (AvgIpc) is 3.23. The molecule has 1 aromatic heterocycles. The number of nitrogens with one attached hydrogen (secondary N) is 1. The van der Waals surface area contributed by atoms with E-state index in [0.717, 1.165) is 30.9 Å². The lowest BCUT2D eigenvalue weighted by Crippen LogP contribution is -2.36. The summed E-state index contributed by atoms with van der Waals surface area (Å²) >= 11 is -1.92. The summed E-state index contributed by atoms with van der Waals surface area (Å²) in [5.74, 6) is -0.881. The average molecular weight is 474 g/mol. The minimum atomic E-state index is -1.92. The SMILES string of the molecule is COc1ccc(N2CCOCC2)cc1[S+]([O-])NC(=O)c1cc2c(F)cc(N3CCC3)cc2o1. The Kier molecular flexibility index (Phi) is 6.05. The quantitative estimate of drug-likeness (QED) is 0.550. The van der Waals surface area contributed by atoms with Crippen LogP contribution >= 0.6 is 0 Å². The normalized spacial score (nSPS) is 17.1. The second-order valence-electron chi connectivity index (χ2n) is 7.93. The number of carbonyl (C=O) groups excluding carboxylic acids is 1. The molecule has 33 heavy (non-hydrogen) atoms. The van der Waals surface area contributed by atoms with Crippen LogP contribution in [0.5, 0.6) is 5.75 Å². The summed E-state index contributed by atoms with van der Waals surface area (Å²) in [6, 6.07) is 9.83. The molecule has 1 amide bonds. The van der Waals surface area contributed by atoms with Crippen LogP contribution in [0, 0.1) is 5.82 Å². The molecule has 3 heterocycles. The third-order valence-electron chi connectivity index (χ3n) is 5.93. The maximum Gasteiger partial charge on any atom is 0.328 e. The largest absolute Gasteiger partial charge is 0.588 e. The van der Waals surface area contributed by atoms with Crippen molar-refractivity contribution in [2.75, 3.05) is 56.3 Å². The standard InChI is InChI=1S/C23H24FN3O5S/c1-30-19-4-3-15(27-7-9-31-10-8-27)13-22(19)33(29)25-23(28)21-14-17-18(24)11-16(12-20(17)32-21)26-5-2-6-26/h3-4,11-14H,2,5-10H2,1H3,(H,25,28). The maximum atomic E-state index is 14.6. The predicted molar refractivity (Wildman–Crippen MR) is 123 cm³/mol. The van der Waals surface area contributed by atoms with E-state index in [-0.39, 0.29) is 16.7 Å². The van der Waals surface area contributed by atoms with Crippen LogP contribution in [-0.2, 0) is 16.1 Å². The molecular weight excluding hydrogens is 449 g/mol. The highest BCUT2D eigenvalue weighted by atomic mass is 32.2. The first-order valence-electron chi connectivity index (χ1n) is 10.7. The lowest BCUT2D eigenvalue weighted by Gasteiger charge is -2.33. The number of nitrogens with zero attached hydrogens (tertiary/aromatic N) is 2. The van der Waals surface area contributed by atoms with Crippen LogP contribution in [0.2, 0.25) is 0 Å². The van der Waals surface area contributed by atoms with Crippen LogP contribution < -0.4 is 19.3 Å². The van der Waals surface area contributed by atoms with Crippen LogP contribution in [0.4, 0.5) is 15.8 Å². The van der Waals surface area contributed by atoms with Crippen molar-refractivity contribution in [2.45, 2.75) is 11.3 Å². The molecule has 0 saturated carbocycles. The number of ether oxygens (including phenoxy) is 2. The van der Waals surface area contributed by atoms with E-state index in [1.54, 1.807) is 18.2 Å².